The molecule has 2 aromatic rings. The molecule has 0 saturated carbocycles. The molecule has 1 saturated heterocycles. The molecule has 2 aromatic carbocycles. The number of amides is 1. The van der Waals surface area contributed by atoms with E-state index in [9.17, 15) is 4.79 Å². The number of carbonyl (C=O) groups is 1. The molecule has 1 heterocycles. The highest BCUT2D eigenvalue weighted by Gasteiger charge is 2.27. The maximum absolute atomic E-state index is 12.5. The molecule has 0 aliphatic carbocycles. The van der Waals surface area contributed by atoms with Crippen LogP contribution in [0.5, 0.6) is 0 Å². The van der Waals surface area contributed by atoms with Gasteiger partial charge < -0.3 is 10.6 Å². The fraction of sp³-hybridized carbons (Fsp3) is 0.214. The zero-order chi connectivity index (χ0) is 12.5. The van der Waals surface area contributed by atoms with E-state index in [0.717, 1.165) is 28.6 Å². The molecule has 1 atom stereocenters. The maximum Gasteiger partial charge on any atom is 0.256 e. The van der Waals surface area contributed by atoms with Crippen molar-refractivity contribution in [2.75, 3.05) is 12.3 Å². The molecule has 0 spiro atoms. The average Bonchev–Trinajstić information content (AvgIpc) is 2.83. The molecule has 1 unspecified atom stereocenters. The molecule has 0 radical (unpaired) electrons. The normalized spacial score (nSPS) is 19.4. The summed E-state index contributed by atoms with van der Waals surface area (Å²) < 4.78 is 0. The van der Waals surface area contributed by atoms with Crippen LogP contribution in [-0.4, -0.2) is 28.6 Å². The van der Waals surface area contributed by atoms with Gasteiger partial charge in [-0.25, -0.2) is 0 Å². The number of hydrogen-bond donors (Lipinski definition) is 1. The first kappa shape index (κ1) is 11.6. The van der Waals surface area contributed by atoms with Crippen LogP contribution in [0.15, 0.2) is 42.5 Å². The van der Waals surface area contributed by atoms with E-state index in [1.807, 2.05) is 42.5 Å². The van der Waals surface area contributed by atoms with Gasteiger partial charge in [-0.1, -0.05) is 36.4 Å². The Morgan fingerprint density at radius 2 is 2.00 bits per heavy atom. The molecule has 1 aliphatic heterocycles. The monoisotopic (exact) mass is 258 g/mol. The predicted molar refractivity (Wildman–Crippen MR) is 75.4 cm³/mol. The first-order valence-electron chi connectivity index (χ1n) is 5.93. The van der Waals surface area contributed by atoms with Crippen molar-refractivity contribution in [2.24, 2.45) is 5.73 Å². The number of fused-ring (bicyclic) bond motifs is 1. The summed E-state index contributed by atoms with van der Waals surface area (Å²) in [5, 5.41) is 2.08. The van der Waals surface area contributed by atoms with Crippen molar-refractivity contribution in [3.63, 3.8) is 0 Å². The minimum Gasteiger partial charge on any atom is -0.313 e. The summed E-state index contributed by atoms with van der Waals surface area (Å²) in [6.07, 6.45) is 0. The van der Waals surface area contributed by atoms with E-state index in [4.69, 9.17) is 5.73 Å². The summed E-state index contributed by atoms with van der Waals surface area (Å²) >= 11 is 1.62. The largest absolute Gasteiger partial charge is 0.313 e. The summed E-state index contributed by atoms with van der Waals surface area (Å²) in [7, 11) is 0. The highest BCUT2D eigenvalue weighted by atomic mass is 32.2. The van der Waals surface area contributed by atoms with Crippen LogP contribution in [0.3, 0.4) is 0 Å². The number of rotatable bonds is 1. The molecule has 3 rings (SSSR count). The van der Waals surface area contributed by atoms with E-state index < -0.39 is 0 Å². The lowest BCUT2D eigenvalue weighted by Gasteiger charge is -2.21. The molecule has 1 aliphatic rings. The Hall–Kier alpha value is -1.52. The first-order valence-corrected chi connectivity index (χ1v) is 6.98. The number of benzene rings is 2. The summed E-state index contributed by atoms with van der Waals surface area (Å²) in [5.74, 6) is 0.946. The van der Waals surface area contributed by atoms with E-state index in [-0.39, 0.29) is 11.4 Å². The highest BCUT2D eigenvalue weighted by molar-refractivity contribution is 8.00. The lowest BCUT2D eigenvalue weighted by molar-refractivity contribution is 0.0766. The van der Waals surface area contributed by atoms with Gasteiger partial charge in [0, 0.05) is 17.9 Å². The van der Waals surface area contributed by atoms with Gasteiger partial charge in [-0.2, -0.15) is 0 Å². The standard InChI is InChI=1S/C14H14N2OS/c15-14-16(8-9-18-14)13(17)12-7-3-5-10-4-1-2-6-11(10)12/h1-7,14H,8-9,15H2. The topological polar surface area (TPSA) is 46.3 Å². The predicted octanol–water partition coefficient (Wildman–Crippen LogP) is 2.27. The minimum absolute atomic E-state index is 0.0318. The lowest BCUT2D eigenvalue weighted by atomic mass is 10.0. The quantitative estimate of drug-likeness (QED) is 0.853. The molecule has 1 fully saturated rings. The van der Waals surface area contributed by atoms with Crippen molar-refractivity contribution in [3.05, 3.63) is 48.0 Å². The third kappa shape index (κ3) is 1.87. The SMILES string of the molecule is NC1SCCN1C(=O)c1cccc2ccccc12. The van der Waals surface area contributed by atoms with Gasteiger partial charge in [-0.3, -0.25) is 4.79 Å². The Morgan fingerprint density at radius 1 is 1.22 bits per heavy atom. The van der Waals surface area contributed by atoms with Crippen LogP contribution < -0.4 is 5.73 Å². The molecule has 4 heteroatoms. The van der Waals surface area contributed by atoms with Crippen LogP contribution in [0.25, 0.3) is 10.8 Å². The van der Waals surface area contributed by atoms with E-state index in [0.29, 0.717) is 0 Å². The average molecular weight is 258 g/mol. The van der Waals surface area contributed by atoms with Gasteiger partial charge in [0.25, 0.3) is 5.91 Å². The fourth-order valence-electron chi connectivity index (χ4n) is 2.27. The lowest BCUT2D eigenvalue weighted by Crippen LogP contribution is -2.39. The van der Waals surface area contributed by atoms with E-state index in [1.165, 1.54) is 0 Å². The maximum atomic E-state index is 12.5. The zero-order valence-corrected chi connectivity index (χ0v) is 10.7. The molecule has 2 N–H and O–H groups in total. The molecule has 92 valence electrons. The number of thioether (sulfide) groups is 1. The third-order valence-electron chi connectivity index (χ3n) is 3.21. The Balaban J connectivity index is 2.06. The number of nitrogens with zero attached hydrogens (tertiary/aromatic N) is 1. The van der Waals surface area contributed by atoms with Crippen LogP contribution in [0.2, 0.25) is 0 Å². The van der Waals surface area contributed by atoms with Crippen molar-refractivity contribution < 1.29 is 4.79 Å². The second kappa shape index (κ2) is 4.63. The van der Waals surface area contributed by atoms with Gasteiger partial charge in [0.2, 0.25) is 0 Å². The van der Waals surface area contributed by atoms with E-state index in [2.05, 4.69) is 0 Å². The Morgan fingerprint density at radius 3 is 2.78 bits per heavy atom. The number of carbonyl (C=O) groups excluding carboxylic acids is 1. The molecule has 1 amide bonds. The highest BCUT2D eigenvalue weighted by Crippen LogP contribution is 2.25. The Kier molecular flexibility index (Phi) is 2.97. The van der Waals surface area contributed by atoms with Crippen LogP contribution >= 0.6 is 11.8 Å². The molecular formula is C14H14N2OS. The minimum atomic E-state index is -0.212. The van der Waals surface area contributed by atoms with Crippen LogP contribution in [-0.2, 0) is 0 Å². The molecule has 3 nitrogen and oxygen atoms in total. The second-order valence-corrected chi connectivity index (χ2v) is 5.51. The van der Waals surface area contributed by atoms with E-state index in [1.54, 1.807) is 16.7 Å². The Labute approximate surface area is 110 Å². The van der Waals surface area contributed by atoms with Crippen LogP contribution in [0, 0.1) is 0 Å². The van der Waals surface area contributed by atoms with Gasteiger partial charge in [-0.05, 0) is 16.8 Å². The molecular weight excluding hydrogens is 244 g/mol. The summed E-state index contributed by atoms with van der Waals surface area (Å²) in [6, 6.07) is 13.8. The first-order chi connectivity index (χ1) is 8.77. The molecule has 18 heavy (non-hydrogen) atoms. The zero-order valence-electron chi connectivity index (χ0n) is 9.87. The number of hydrogen-bond acceptors (Lipinski definition) is 3. The van der Waals surface area contributed by atoms with Crippen molar-refractivity contribution in [2.45, 2.75) is 5.50 Å². The smallest absolute Gasteiger partial charge is 0.256 e. The van der Waals surface area contributed by atoms with Crippen molar-refractivity contribution in [1.82, 2.24) is 4.90 Å². The van der Waals surface area contributed by atoms with Crippen molar-refractivity contribution in [1.29, 1.82) is 0 Å². The van der Waals surface area contributed by atoms with Crippen molar-refractivity contribution >= 4 is 28.4 Å². The van der Waals surface area contributed by atoms with Gasteiger partial charge in [0.15, 0.2) is 0 Å². The van der Waals surface area contributed by atoms with Gasteiger partial charge in [-0.15, -0.1) is 11.8 Å². The van der Waals surface area contributed by atoms with Crippen LogP contribution in [0.4, 0.5) is 0 Å². The van der Waals surface area contributed by atoms with Gasteiger partial charge >= 0.3 is 0 Å². The van der Waals surface area contributed by atoms with Gasteiger partial charge in [0.05, 0.1) is 0 Å². The number of nitrogens with two attached hydrogens (primary N) is 1. The molecule has 0 bridgehead atoms. The molecule has 0 aromatic heterocycles. The van der Waals surface area contributed by atoms with Gasteiger partial charge in [0.1, 0.15) is 5.50 Å². The summed E-state index contributed by atoms with van der Waals surface area (Å²) in [5.41, 5.74) is 6.46. The third-order valence-corrected chi connectivity index (χ3v) is 4.22. The summed E-state index contributed by atoms with van der Waals surface area (Å²) in [6.45, 7) is 0.730. The Bertz CT molecular complexity index is 594. The van der Waals surface area contributed by atoms with E-state index >= 15 is 0 Å². The second-order valence-electron chi connectivity index (χ2n) is 4.29. The van der Waals surface area contributed by atoms with Crippen LogP contribution in [0.1, 0.15) is 10.4 Å². The fourth-order valence-corrected chi connectivity index (χ4v) is 3.20. The summed E-state index contributed by atoms with van der Waals surface area (Å²) in [4.78, 5) is 14.2. The van der Waals surface area contributed by atoms with Crippen molar-refractivity contribution in [3.8, 4) is 0 Å².